The minimum atomic E-state index is -0.000295. The molecule has 0 radical (unpaired) electrons. The molecule has 3 rings (SSSR count). The molecule has 0 saturated carbocycles. The van der Waals surface area contributed by atoms with E-state index in [1.165, 1.54) is 0 Å². The van der Waals surface area contributed by atoms with Gasteiger partial charge in [0.1, 0.15) is 0 Å². The van der Waals surface area contributed by atoms with Crippen molar-refractivity contribution in [2.24, 2.45) is 0 Å². The van der Waals surface area contributed by atoms with E-state index in [9.17, 15) is 4.79 Å². The summed E-state index contributed by atoms with van der Waals surface area (Å²) in [5, 5.41) is 3.84. The largest absolute Gasteiger partial charge is 0.339 e. The zero-order valence-electron chi connectivity index (χ0n) is 13.7. The highest BCUT2D eigenvalue weighted by Crippen LogP contribution is 2.27. The van der Waals surface area contributed by atoms with E-state index in [4.69, 9.17) is 11.6 Å². The molecular weight excluding hydrogens is 343 g/mol. The van der Waals surface area contributed by atoms with Gasteiger partial charge in [-0.2, -0.15) is 0 Å². The van der Waals surface area contributed by atoms with Crippen LogP contribution in [-0.4, -0.2) is 37.0 Å². The van der Waals surface area contributed by atoms with Crippen LogP contribution in [0.25, 0.3) is 11.1 Å². The van der Waals surface area contributed by atoms with Crippen LogP contribution in [0.1, 0.15) is 23.2 Å². The highest BCUT2D eigenvalue weighted by Gasteiger charge is 2.24. The third-order valence-corrected chi connectivity index (χ3v) is 4.81. The van der Waals surface area contributed by atoms with Gasteiger partial charge in [-0.05, 0) is 49.2 Å². The Morgan fingerprint density at radius 3 is 2.42 bits per heavy atom. The van der Waals surface area contributed by atoms with Gasteiger partial charge in [-0.1, -0.05) is 48.0 Å². The summed E-state index contributed by atoms with van der Waals surface area (Å²) in [6.07, 6.45) is 1.97. The van der Waals surface area contributed by atoms with E-state index in [0.29, 0.717) is 10.6 Å². The van der Waals surface area contributed by atoms with Gasteiger partial charge in [0.15, 0.2) is 0 Å². The standard InChI is InChI=1S/C19H21ClN2O.ClH/c1-22(16-9-11-21-12-10-16)19(23)17-13-15(7-8-18(17)20)14-5-3-2-4-6-14;/h2-8,13,16,21H,9-12H2,1H3;1H. The molecular formula is C19H22Cl2N2O. The van der Waals surface area contributed by atoms with E-state index >= 15 is 0 Å². The van der Waals surface area contributed by atoms with Gasteiger partial charge >= 0.3 is 0 Å². The third-order valence-electron chi connectivity index (χ3n) is 4.48. The predicted octanol–water partition coefficient (Wildman–Crippen LogP) is 4.25. The van der Waals surface area contributed by atoms with Gasteiger partial charge in [0.25, 0.3) is 5.91 Å². The van der Waals surface area contributed by atoms with Crippen LogP contribution in [0, 0.1) is 0 Å². The minimum Gasteiger partial charge on any atom is -0.339 e. The number of hydrogen-bond donors (Lipinski definition) is 1. The summed E-state index contributed by atoms with van der Waals surface area (Å²) in [5.41, 5.74) is 2.67. The second-order valence-electron chi connectivity index (χ2n) is 5.96. The molecule has 1 aliphatic heterocycles. The first-order valence-electron chi connectivity index (χ1n) is 7.99. The third kappa shape index (κ3) is 4.10. The average Bonchev–Trinajstić information content (AvgIpc) is 2.62. The molecule has 0 atom stereocenters. The summed E-state index contributed by atoms with van der Waals surface area (Å²) in [7, 11) is 1.88. The number of nitrogens with one attached hydrogen (secondary N) is 1. The van der Waals surface area contributed by atoms with Crippen molar-refractivity contribution >= 4 is 29.9 Å². The molecule has 0 aliphatic carbocycles. The Balaban J connectivity index is 0.00000208. The number of carbonyl (C=O) groups is 1. The van der Waals surface area contributed by atoms with E-state index in [1.54, 1.807) is 0 Å². The van der Waals surface area contributed by atoms with Gasteiger partial charge in [-0.25, -0.2) is 0 Å². The lowest BCUT2D eigenvalue weighted by molar-refractivity contribution is 0.0703. The summed E-state index contributed by atoms with van der Waals surface area (Å²) in [6, 6.07) is 16.0. The summed E-state index contributed by atoms with van der Waals surface area (Å²) < 4.78 is 0. The Labute approximate surface area is 154 Å². The molecule has 128 valence electrons. The molecule has 1 saturated heterocycles. The summed E-state index contributed by atoms with van der Waals surface area (Å²) in [6.45, 7) is 1.92. The fourth-order valence-corrected chi connectivity index (χ4v) is 3.25. The van der Waals surface area contributed by atoms with Gasteiger partial charge in [-0.15, -0.1) is 12.4 Å². The monoisotopic (exact) mass is 364 g/mol. The number of halogens is 2. The van der Waals surface area contributed by atoms with E-state index < -0.39 is 0 Å². The molecule has 1 fully saturated rings. The second kappa shape index (κ2) is 8.52. The molecule has 1 N–H and O–H groups in total. The molecule has 24 heavy (non-hydrogen) atoms. The number of amides is 1. The van der Waals surface area contributed by atoms with E-state index in [1.807, 2.05) is 60.5 Å². The van der Waals surface area contributed by atoms with E-state index in [0.717, 1.165) is 37.1 Å². The fraction of sp³-hybridized carbons (Fsp3) is 0.316. The molecule has 0 unspecified atom stereocenters. The molecule has 2 aromatic rings. The van der Waals surface area contributed by atoms with Crippen LogP contribution in [0.4, 0.5) is 0 Å². The maximum atomic E-state index is 12.9. The Morgan fingerprint density at radius 1 is 1.08 bits per heavy atom. The first-order valence-corrected chi connectivity index (χ1v) is 8.37. The first kappa shape index (κ1) is 18.8. The van der Waals surface area contributed by atoms with Crippen molar-refractivity contribution in [1.29, 1.82) is 0 Å². The number of rotatable bonds is 3. The van der Waals surface area contributed by atoms with Crippen molar-refractivity contribution in [3.05, 3.63) is 59.1 Å². The lowest BCUT2D eigenvalue weighted by Crippen LogP contribution is -2.44. The quantitative estimate of drug-likeness (QED) is 0.882. The van der Waals surface area contributed by atoms with Crippen LogP contribution in [0.3, 0.4) is 0 Å². The highest BCUT2D eigenvalue weighted by molar-refractivity contribution is 6.34. The molecule has 0 bridgehead atoms. The van der Waals surface area contributed by atoms with Gasteiger partial charge < -0.3 is 10.2 Å². The van der Waals surface area contributed by atoms with Gasteiger partial charge in [0.05, 0.1) is 10.6 Å². The van der Waals surface area contributed by atoms with Crippen molar-refractivity contribution < 1.29 is 4.79 Å². The lowest BCUT2D eigenvalue weighted by atomic mass is 10.0. The second-order valence-corrected chi connectivity index (χ2v) is 6.37. The van der Waals surface area contributed by atoms with Crippen LogP contribution in [-0.2, 0) is 0 Å². The molecule has 2 aromatic carbocycles. The highest BCUT2D eigenvalue weighted by atomic mass is 35.5. The maximum Gasteiger partial charge on any atom is 0.255 e. The van der Waals surface area contributed by atoms with E-state index in [2.05, 4.69) is 5.32 Å². The summed E-state index contributed by atoms with van der Waals surface area (Å²) in [4.78, 5) is 14.7. The van der Waals surface area contributed by atoms with Crippen molar-refractivity contribution in [3.63, 3.8) is 0 Å². The van der Waals surface area contributed by atoms with Crippen LogP contribution >= 0.6 is 24.0 Å². The molecule has 5 heteroatoms. The van der Waals surface area contributed by atoms with Crippen molar-refractivity contribution in [3.8, 4) is 11.1 Å². The Bertz CT molecular complexity index is 685. The van der Waals surface area contributed by atoms with Crippen LogP contribution in [0.15, 0.2) is 48.5 Å². The zero-order chi connectivity index (χ0) is 16.2. The fourth-order valence-electron chi connectivity index (χ4n) is 3.05. The normalized spacial score (nSPS) is 14.8. The van der Waals surface area contributed by atoms with Crippen LogP contribution < -0.4 is 5.32 Å². The number of nitrogens with zero attached hydrogens (tertiary/aromatic N) is 1. The molecule has 1 aliphatic rings. The number of hydrogen-bond acceptors (Lipinski definition) is 2. The van der Waals surface area contributed by atoms with Gasteiger partial charge in [-0.3, -0.25) is 4.79 Å². The van der Waals surface area contributed by atoms with Gasteiger partial charge in [0.2, 0.25) is 0 Å². The predicted molar refractivity (Wildman–Crippen MR) is 102 cm³/mol. The van der Waals surface area contributed by atoms with Crippen molar-refractivity contribution in [1.82, 2.24) is 10.2 Å². The Kier molecular flexibility index (Phi) is 6.67. The summed E-state index contributed by atoms with van der Waals surface area (Å²) >= 11 is 6.30. The zero-order valence-corrected chi connectivity index (χ0v) is 15.2. The smallest absolute Gasteiger partial charge is 0.255 e. The Hall–Kier alpha value is -1.55. The molecule has 1 heterocycles. The van der Waals surface area contributed by atoms with Crippen molar-refractivity contribution in [2.45, 2.75) is 18.9 Å². The van der Waals surface area contributed by atoms with Gasteiger partial charge in [0, 0.05) is 13.1 Å². The summed E-state index contributed by atoms with van der Waals surface area (Å²) in [5.74, 6) is -0.000295. The molecule has 1 amide bonds. The lowest BCUT2D eigenvalue weighted by Gasteiger charge is -2.32. The molecule has 0 spiro atoms. The number of carbonyl (C=O) groups excluding carboxylic acids is 1. The average molecular weight is 365 g/mol. The maximum absolute atomic E-state index is 12.9. The minimum absolute atomic E-state index is 0. The van der Waals surface area contributed by atoms with E-state index in [-0.39, 0.29) is 24.4 Å². The number of benzene rings is 2. The van der Waals surface area contributed by atoms with Crippen LogP contribution in [0.5, 0.6) is 0 Å². The SMILES string of the molecule is CN(C(=O)c1cc(-c2ccccc2)ccc1Cl)C1CCNCC1.Cl. The topological polar surface area (TPSA) is 32.3 Å². The molecule has 3 nitrogen and oxygen atoms in total. The van der Waals surface area contributed by atoms with Crippen molar-refractivity contribution in [2.75, 3.05) is 20.1 Å². The first-order chi connectivity index (χ1) is 11.2. The van der Waals surface area contributed by atoms with Crippen LogP contribution in [0.2, 0.25) is 5.02 Å². The Morgan fingerprint density at radius 2 is 1.75 bits per heavy atom. The number of piperidine rings is 1. The molecule has 0 aromatic heterocycles.